The topological polar surface area (TPSA) is 50.8 Å². The quantitative estimate of drug-likeness (QED) is 0.703. The Labute approximate surface area is 170 Å². The lowest BCUT2D eigenvalue weighted by molar-refractivity contribution is -0.122. The first-order chi connectivity index (χ1) is 12.8. The number of hydrogen-bond donors (Lipinski definition) is 1. The molecule has 1 atom stereocenters. The van der Waals surface area contributed by atoms with Gasteiger partial charge in [-0.15, -0.1) is 0 Å². The monoisotopic (exact) mass is 410 g/mol. The van der Waals surface area contributed by atoms with Crippen LogP contribution in [0.25, 0.3) is 0 Å². The van der Waals surface area contributed by atoms with Crippen molar-refractivity contribution in [2.75, 3.05) is 27.8 Å². The van der Waals surface area contributed by atoms with Crippen LogP contribution in [0.5, 0.6) is 11.5 Å². The molecule has 0 aliphatic rings. The number of halogens is 2. The van der Waals surface area contributed by atoms with E-state index in [2.05, 4.69) is 5.32 Å². The second-order valence-corrected chi connectivity index (χ2v) is 7.15. The summed E-state index contributed by atoms with van der Waals surface area (Å²) in [5.41, 5.74) is 1.80. The maximum Gasteiger partial charge on any atom is 0.234 e. The van der Waals surface area contributed by atoms with Crippen molar-refractivity contribution < 1.29 is 14.3 Å². The van der Waals surface area contributed by atoms with Gasteiger partial charge >= 0.3 is 0 Å². The van der Waals surface area contributed by atoms with Crippen LogP contribution in [-0.2, 0) is 11.3 Å². The van der Waals surface area contributed by atoms with Gasteiger partial charge in [-0.2, -0.15) is 0 Å². The zero-order valence-electron chi connectivity index (χ0n) is 15.9. The minimum atomic E-state index is -0.216. The molecule has 27 heavy (non-hydrogen) atoms. The molecule has 0 aromatic heterocycles. The number of carbonyl (C=O) groups is 1. The minimum absolute atomic E-state index is 0.0940. The summed E-state index contributed by atoms with van der Waals surface area (Å²) in [6.07, 6.45) is 0. The highest BCUT2D eigenvalue weighted by atomic mass is 35.5. The normalized spacial score (nSPS) is 12.0. The van der Waals surface area contributed by atoms with E-state index in [0.29, 0.717) is 16.6 Å². The van der Waals surface area contributed by atoms with Gasteiger partial charge in [-0.25, -0.2) is 0 Å². The summed E-state index contributed by atoms with van der Waals surface area (Å²) >= 11 is 12.1. The standard InChI is InChI=1S/C20H24Cl2N2O3/c1-13(17-8-6-15(21)9-18(17)22)23-20(25)12-24(2)11-14-5-7-16(26-3)10-19(14)27-4/h5-10,13H,11-12H2,1-4H3,(H,23,25). The molecule has 0 bridgehead atoms. The molecule has 2 aromatic carbocycles. The van der Waals surface area contributed by atoms with Crippen molar-refractivity contribution in [2.45, 2.75) is 19.5 Å². The van der Waals surface area contributed by atoms with E-state index in [4.69, 9.17) is 32.7 Å². The van der Waals surface area contributed by atoms with Crippen LogP contribution in [0.4, 0.5) is 0 Å². The minimum Gasteiger partial charge on any atom is -0.497 e. The molecule has 5 nitrogen and oxygen atoms in total. The predicted molar refractivity (Wildman–Crippen MR) is 109 cm³/mol. The van der Waals surface area contributed by atoms with Gasteiger partial charge in [-0.05, 0) is 37.7 Å². The summed E-state index contributed by atoms with van der Waals surface area (Å²) in [6.45, 7) is 2.70. The van der Waals surface area contributed by atoms with Crippen LogP contribution in [-0.4, -0.2) is 38.6 Å². The lowest BCUT2D eigenvalue weighted by atomic mass is 10.1. The molecule has 0 aliphatic heterocycles. The third kappa shape index (κ3) is 6.03. The Bertz CT molecular complexity index is 799. The Balaban J connectivity index is 1.95. The molecule has 0 radical (unpaired) electrons. The fourth-order valence-electron chi connectivity index (χ4n) is 2.79. The van der Waals surface area contributed by atoms with E-state index >= 15 is 0 Å². The second kappa shape index (κ2) is 9.83. The lowest BCUT2D eigenvalue weighted by Crippen LogP contribution is -2.36. The number of nitrogens with zero attached hydrogens (tertiary/aromatic N) is 1. The van der Waals surface area contributed by atoms with E-state index in [-0.39, 0.29) is 18.5 Å². The van der Waals surface area contributed by atoms with Crippen molar-refractivity contribution in [2.24, 2.45) is 0 Å². The van der Waals surface area contributed by atoms with Crippen molar-refractivity contribution in [3.63, 3.8) is 0 Å². The lowest BCUT2D eigenvalue weighted by Gasteiger charge is -2.21. The van der Waals surface area contributed by atoms with Gasteiger partial charge in [-0.3, -0.25) is 9.69 Å². The number of hydrogen-bond acceptors (Lipinski definition) is 4. The Morgan fingerprint density at radius 3 is 2.52 bits per heavy atom. The molecule has 0 heterocycles. The third-order valence-corrected chi connectivity index (χ3v) is 4.72. The molecular formula is C20H24Cl2N2O3. The Hall–Kier alpha value is -1.95. The summed E-state index contributed by atoms with van der Waals surface area (Å²) in [6, 6.07) is 10.7. The summed E-state index contributed by atoms with van der Waals surface area (Å²) in [5.74, 6) is 1.36. The summed E-state index contributed by atoms with van der Waals surface area (Å²) in [4.78, 5) is 14.3. The van der Waals surface area contributed by atoms with E-state index < -0.39 is 0 Å². The first-order valence-electron chi connectivity index (χ1n) is 8.47. The summed E-state index contributed by atoms with van der Waals surface area (Å²) in [7, 11) is 5.10. The summed E-state index contributed by atoms with van der Waals surface area (Å²) < 4.78 is 10.6. The van der Waals surface area contributed by atoms with Gasteiger partial charge in [0, 0.05) is 28.2 Å². The van der Waals surface area contributed by atoms with Gasteiger partial charge in [-0.1, -0.05) is 35.3 Å². The zero-order chi connectivity index (χ0) is 20.0. The maximum atomic E-state index is 12.4. The van der Waals surface area contributed by atoms with Crippen LogP contribution in [0.2, 0.25) is 10.0 Å². The predicted octanol–water partition coefficient (Wildman–Crippen LogP) is 4.32. The average Bonchev–Trinajstić information content (AvgIpc) is 2.61. The number of ether oxygens (including phenoxy) is 2. The van der Waals surface area contributed by atoms with E-state index in [1.54, 1.807) is 26.4 Å². The van der Waals surface area contributed by atoms with Crippen LogP contribution in [0, 0.1) is 0 Å². The van der Waals surface area contributed by atoms with Gasteiger partial charge in [0.05, 0.1) is 26.8 Å². The molecule has 0 fully saturated rings. The number of methoxy groups -OCH3 is 2. The van der Waals surface area contributed by atoms with Crippen LogP contribution < -0.4 is 14.8 Å². The van der Waals surface area contributed by atoms with Crippen molar-refractivity contribution >= 4 is 29.1 Å². The number of benzene rings is 2. The SMILES string of the molecule is COc1ccc(CN(C)CC(=O)NC(C)c2ccc(Cl)cc2Cl)c(OC)c1. The smallest absolute Gasteiger partial charge is 0.234 e. The highest BCUT2D eigenvalue weighted by Gasteiger charge is 2.15. The van der Waals surface area contributed by atoms with Crippen molar-refractivity contribution in [3.8, 4) is 11.5 Å². The van der Waals surface area contributed by atoms with Crippen LogP contribution in [0.15, 0.2) is 36.4 Å². The van der Waals surface area contributed by atoms with Gasteiger partial charge in [0.2, 0.25) is 5.91 Å². The Kier molecular flexibility index (Phi) is 7.78. The first-order valence-corrected chi connectivity index (χ1v) is 9.23. The third-order valence-electron chi connectivity index (χ3n) is 4.15. The molecule has 0 saturated heterocycles. The number of rotatable bonds is 8. The van der Waals surface area contributed by atoms with Gasteiger partial charge in [0.15, 0.2) is 0 Å². The van der Waals surface area contributed by atoms with E-state index in [9.17, 15) is 4.79 Å². The van der Waals surface area contributed by atoms with Crippen molar-refractivity contribution in [1.29, 1.82) is 0 Å². The fraction of sp³-hybridized carbons (Fsp3) is 0.350. The first kappa shape index (κ1) is 21.4. The molecular weight excluding hydrogens is 387 g/mol. The van der Waals surface area contributed by atoms with Crippen LogP contribution in [0.3, 0.4) is 0 Å². The number of carbonyl (C=O) groups excluding carboxylic acids is 1. The molecule has 2 aromatic rings. The van der Waals surface area contributed by atoms with Gasteiger partial charge in [0.1, 0.15) is 11.5 Å². The van der Waals surface area contributed by atoms with Gasteiger partial charge < -0.3 is 14.8 Å². The zero-order valence-corrected chi connectivity index (χ0v) is 17.4. The average molecular weight is 411 g/mol. The fourth-order valence-corrected chi connectivity index (χ4v) is 3.36. The Morgan fingerprint density at radius 1 is 1.15 bits per heavy atom. The second-order valence-electron chi connectivity index (χ2n) is 6.31. The van der Waals surface area contributed by atoms with Crippen molar-refractivity contribution in [1.82, 2.24) is 10.2 Å². The molecule has 146 valence electrons. The molecule has 7 heteroatoms. The molecule has 1 amide bonds. The van der Waals surface area contributed by atoms with E-state index in [0.717, 1.165) is 22.6 Å². The molecule has 0 spiro atoms. The number of nitrogens with one attached hydrogen (secondary N) is 1. The molecule has 0 aliphatic carbocycles. The highest BCUT2D eigenvalue weighted by Crippen LogP contribution is 2.27. The molecule has 1 unspecified atom stereocenters. The van der Waals surface area contributed by atoms with Crippen LogP contribution >= 0.6 is 23.2 Å². The molecule has 1 N–H and O–H groups in total. The maximum absolute atomic E-state index is 12.4. The van der Waals surface area contributed by atoms with Gasteiger partial charge in [0.25, 0.3) is 0 Å². The molecule has 2 rings (SSSR count). The van der Waals surface area contributed by atoms with E-state index in [1.807, 2.05) is 43.1 Å². The van der Waals surface area contributed by atoms with Crippen molar-refractivity contribution in [3.05, 3.63) is 57.6 Å². The Morgan fingerprint density at radius 2 is 1.89 bits per heavy atom. The van der Waals surface area contributed by atoms with Crippen LogP contribution in [0.1, 0.15) is 24.1 Å². The number of likely N-dealkylation sites (N-methyl/N-ethyl adjacent to an activating group) is 1. The van der Waals surface area contributed by atoms with E-state index in [1.165, 1.54) is 0 Å². The largest absolute Gasteiger partial charge is 0.497 e. The highest BCUT2D eigenvalue weighted by molar-refractivity contribution is 6.35. The number of amides is 1. The molecule has 0 saturated carbocycles. The summed E-state index contributed by atoms with van der Waals surface area (Å²) in [5, 5.41) is 4.06.